The minimum absolute atomic E-state index is 0.115. The molecule has 1 amide bonds. The number of carbonyl (C=O) groups is 2. The molecule has 2 rings (SSSR count). The molecule has 1 fully saturated rings. The first kappa shape index (κ1) is 17.1. The third-order valence-electron chi connectivity index (χ3n) is 3.78. The van der Waals surface area contributed by atoms with Crippen molar-refractivity contribution in [3.63, 3.8) is 0 Å². The van der Waals surface area contributed by atoms with Gasteiger partial charge < -0.3 is 19.9 Å². The Balaban J connectivity index is 1.74. The molecule has 0 radical (unpaired) electrons. The molecule has 0 aliphatic carbocycles. The Morgan fingerprint density at radius 2 is 2.09 bits per heavy atom. The summed E-state index contributed by atoms with van der Waals surface area (Å²) >= 11 is 0. The van der Waals surface area contributed by atoms with Crippen molar-refractivity contribution in [2.45, 2.75) is 12.8 Å². The second-order valence-electron chi connectivity index (χ2n) is 5.45. The molecule has 0 saturated carbocycles. The number of nitrogens with one attached hydrogen (secondary N) is 1. The smallest absolute Gasteiger partial charge is 0.307 e. The molecular weight excluding hydrogens is 300 g/mol. The molecule has 2 N–H and O–H groups in total. The molecular formula is C16H22N2O5. The first-order chi connectivity index (χ1) is 11.1. The number of benzene rings is 1. The van der Waals surface area contributed by atoms with Gasteiger partial charge in [-0.05, 0) is 31.5 Å². The van der Waals surface area contributed by atoms with E-state index in [4.69, 9.17) is 14.6 Å². The summed E-state index contributed by atoms with van der Waals surface area (Å²) in [7, 11) is 1.54. The molecule has 126 valence electrons. The lowest BCUT2D eigenvalue weighted by Crippen LogP contribution is -2.45. The third kappa shape index (κ3) is 5.14. The monoisotopic (exact) mass is 322 g/mol. The molecule has 1 atom stereocenters. The van der Waals surface area contributed by atoms with Crippen LogP contribution in [0.4, 0.5) is 0 Å². The highest BCUT2D eigenvalue weighted by Gasteiger charge is 2.25. The minimum Gasteiger partial charge on any atom is -0.493 e. The zero-order chi connectivity index (χ0) is 16.7. The number of nitrogens with zero attached hydrogens (tertiary/aromatic N) is 1. The minimum atomic E-state index is -0.777. The number of para-hydroxylation sites is 2. The molecule has 1 saturated heterocycles. The van der Waals surface area contributed by atoms with Gasteiger partial charge in [0.1, 0.15) is 0 Å². The van der Waals surface area contributed by atoms with E-state index in [1.54, 1.807) is 18.2 Å². The van der Waals surface area contributed by atoms with Crippen LogP contribution in [0.5, 0.6) is 11.5 Å². The number of piperidine rings is 1. The highest BCUT2D eigenvalue weighted by molar-refractivity contribution is 5.77. The van der Waals surface area contributed by atoms with E-state index in [2.05, 4.69) is 5.32 Å². The molecule has 0 bridgehead atoms. The fourth-order valence-electron chi connectivity index (χ4n) is 2.53. The van der Waals surface area contributed by atoms with Gasteiger partial charge in [-0.25, -0.2) is 0 Å². The predicted molar refractivity (Wildman–Crippen MR) is 83.4 cm³/mol. The lowest BCUT2D eigenvalue weighted by atomic mass is 9.99. The van der Waals surface area contributed by atoms with E-state index in [0.717, 1.165) is 13.0 Å². The van der Waals surface area contributed by atoms with Gasteiger partial charge in [-0.15, -0.1) is 0 Å². The van der Waals surface area contributed by atoms with Crippen molar-refractivity contribution in [3.05, 3.63) is 24.3 Å². The first-order valence-electron chi connectivity index (χ1n) is 7.58. The summed E-state index contributed by atoms with van der Waals surface area (Å²) in [6, 6.07) is 7.11. The summed E-state index contributed by atoms with van der Waals surface area (Å²) in [5.41, 5.74) is 0. The summed E-state index contributed by atoms with van der Waals surface area (Å²) in [6.07, 6.45) is 1.52. The summed E-state index contributed by atoms with van der Waals surface area (Å²) in [4.78, 5) is 24.8. The fourth-order valence-corrected chi connectivity index (χ4v) is 2.53. The molecule has 1 aromatic rings. The van der Waals surface area contributed by atoms with Crippen LogP contribution in [0.3, 0.4) is 0 Å². The van der Waals surface area contributed by atoms with E-state index in [1.165, 1.54) is 7.11 Å². The van der Waals surface area contributed by atoms with Gasteiger partial charge >= 0.3 is 5.97 Å². The van der Waals surface area contributed by atoms with Crippen molar-refractivity contribution in [3.8, 4) is 11.5 Å². The Morgan fingerprint density at radius 1 is 1.35 bits per heavy atom. The SMILES string of the molecule is COc1ccccc1OCC(=O)NCN1CCCC(C(=O)O)C1. The molecule has 1 aliphatic heterocycles. The Hall–Kier alpha value is -2.28. The van der Waals surface area contributed by atoms with Gasteiger partial charge in [0.25, 0.3) is 5.91 Å². The lowest BCUT2D eigenvalue weighted by molar-refractivity contribution is -0.143. The molecule has 7 nitrogen and oxygen atoms in total. The van der Waals surface area contributed by atoms with E-state index in [1.807, 2.05) is 11.0 Å². The highest BCUT2D eigenvalue weighted by Crippen LogP contribution is 2.25. The molecule has 0 spiro atoms. The van der Waals surface area contributed by atoms with E-state index in [9.17, 15) is 9.59 Å². The number of rotatable bonds is 7. The molecule has 1 unspecified atom stereocenters. The van der Waals surface area contributed by atoms with Crippen LogP contribution in [-0.4, -0.2) is 55.4 Å². The van der Waals surface area contributed by atoms with Crippen LogP contribution in [0.15, 0.2) is 24.3 Å². The molecule has 23 heavy (non-hydrogen) atoms. The number of likely N-dealkylation sites (tertiary alicyclic amines) is 1. The van der Waals surface area contributed by atoms with Crippen molar-refractivity contribution in [1.82, 2.24) is 10.2 Å². The van der Waals surface area contributed by atoms with Crippen molar-refractivity contribution in [1.29, 1.82) is 0 Å². The quantitative estimate of drug-likeness (QED) is 0.777. The number of hydrogen-bond donors (Lipinski definition) is 2. The van der Waals surface area contributed by atoms with Gasteiger partial charge in [0.15, 0.2) is 18.1 Å². The van der Waals surface area contributed by atoms with Crippen LogP contribution in [0.1, 0.15) is 12.8 Å². The second kappa shape index (κ2) is 8.38. The maximum Gasteiger partial charge on any atom is 0.307 e. The third-order valence-corrected chi connectivity index (χ3v) is 3.78. The summed E-state index contributed by atoms with van der Waals surface area (Å²) < 4.78 is 10.6. The number of hydrogen-bond acceptors (Lipinski definition) is 5. The molecule has 0 aromatic heterocycles. The standard InChI is InChI=1S/C16H22N2O5/c1-22-13-6-2-3-7-14(13)23-10-15(19)17-11-18-8-4-5-12(9-18)16(20)21/h2-3,6-7,12H,4-5,8-11H2,1H3,(H,17,19)(H,20,21). The fraction of sp³-hybridized carbons (Fsp3) is 0.500. The van der Waals surface area contributed by atoms with Crippen LogP contribution in [0.25, 0.3) is 0 Å². The van der Waals surface area contributed by atoms with E-state index in [0.29, 0.717) is 31.1 Å². The van der Waals surface area contributed by atoms with Crippen molar-refractivity contribution < 1.29 is 24.2 Å². The van der Waals surface area contributed by atoms with Crippen molar-refractivity contribution >= 4 is 11.9 Å². The van der Waals surface area contributed by atoms with Gasteiger partial charge in [0, 0.05) is 6.54 Å². The largest absolute Gasteiger partial charge is 0.493 e. The maximum absolute atomic E-state index is 11.9. The zero-order valence-electron chi connectivity index (χ0n) is 13.2. The summed E-state index contributed by atoms with van der Waals surface area (Å²) in [5.74, 6) is -0.311. The highest BCUT2D eigenvalue weighted by atomic mass is 16.5. The summed E-state index contributed by atoms with van der Waals surface area (Å²) in [6.45, 7) is 1.47. The lowest BCUT2D eigenvalue weighted by Gasteiger charge is -2.30. The van der Waals surface area contributed by atoms with E-state index >= 15 is 0 Å². The van der Waals surface area contributed by atoms with Gasteiger partial charge in [0.2, 0.25) is 0 Å². The van der Waals surface area contributed by atoms with Crippen molar-refractivity contribution in [2.75, 3.05) is 33.5 Å². The van der Waals surface area contributed by atoms with Crippen LogP contribution in [0, 0.1) is 5.92 Å². The van der Waals surface area contributed by atoms with Gasteiger partial charge in [-0.3, -0.25) is 14.5 Å². The Labute approximate surface area is 135 Å². The topological polar surface area (TPSA) is 88.1 Å². The Bertz CT molecular complexity index is 549. The number of amides is 1. The van der Waals surface area contributed by atoms with Gasteiger partial charge in [0.05, 0.1) is 19.7 Å². The normalized spacial score (nSPS) is 18.2. The number of carboxylic acid groups (broad SMARTS) is 1. The van der Waals surface area contributed by atoms with Gasteiger partial charge in [-0.2, -0.15) is 0 Å². The molecule has 7 heteroatoms. The van der Waals surface area contributed by atoms with E-state index < -0.39 is 5.97 Å². The number of carboxylic acids is 1. The van der Waals surface area contributed by atoms with Crippen LogP contribution >= 0.6 is 0 Å². The molecule has 1 aliphatic rings. The van der Waals surface area contributed by atoms with E-state index in [-0.39, 0.29) is 18.4 Å². The number of ether oxygens (including phenoxy) is 2. The van der Waals surface area contributed by atoms with Crippen LogP contribution < -0.4 is 14.8 Å². The Kier molecular flexibility index (Phi) is 6.22. The predicted octanol–water partition coefficient (Wildman–Crippen LogP) is 0.944. The number of aliphatic carboxylic acids is 1. The van der Waals surface area contributed by atoms with Gasteiger partial charge in [-0.1, -0.05) is 12.1 Å². The average molecular weight is 322 g/mol. The number of methoxy groups -OCH3 is 1. The molecule has 1 aromatic carbocycles. The van der Waals surface area contributed by atoms with Crippen molar-refractivity contribution in [2.24, 2.45) is 5.92 Å². The van der Waals surface area contributed by atoms with Crippen LogP contribution in [-0.2, 0) is 9.59 Å². The van der Waals surface area contributed by atoms with Crippen LogP contribution in [0.2, 0.25) is 0 Å². The maximum atomic E-state index is 11.9. The molecule has 1 heterocycles. The Morgan fingerprint density at radius 3 is 2.78 bits per heavy atom. The summed E-state index contributed by atoms with van der Waals surface area (Å²) in [5, 5.41) is 11.8. The average Bonchev–Trinajstić information content (AvgIpc) is 2.58. The first-order valence-corrected chi connectivity index (χ1v) is 7.58. The number of carbonyl (C=O) groups excluding carboxylic acids is 1. The second-order valence-corrected chi connectivity index (χ2v) is 5.45. The zero-order valence-corrected chi connectivity index (χ0v) is 13.2.